The van der Waals surface area contributed by atoms with Gasteiger partial charge in [0.05, 0.1) is 0 Å². The molecule has 166 valence electrons. The number of hydrogen-bond acceptors (Lipinski definition) is 5. The molecule has 3 rings (SSSR count). The highest BCUT2D eigenvalue weighted by Crippen LogP contribution is 2.20. The number of hydrazine groups is 1. The average molecular weight is 449 g/mol. The van der Waals surface area contributed by atoms with Crippen molar-refractivity contribution in [2.24, 2.45) is 0 Å². The van der Waals surface area contributed by atoms with Gasteiger partial charge in [0.25, 0.3) is 5.91 Å². The van der Waals surface area contributed by atoms with Crippen molar-refractivity contribution < 1.29 is 9.59 Å². The van der Waals surface area contributed by atoms with Gasteiger partial charge in [0.2, 0.25) is 5.91 Å². The monoisotopic (exact) mass is 448 g/mol. The van der Waals surface area contributed by atoms with E-state index in [4.69, 9.17) is 0 Å². The Balaban J connectivity index is 1.45. The number of aromatic nitrogens is 2. The third-order valence-corrected chi connectivity index (χ3v) is 5.90. The first-order valence-electron chi connectivity index (χ1n) is 10.5. The Bertz CT molecular complexity index is 1090. The summed E-state index contributed by atoms with van der Waals surface area (Å²) in [4.78, 5) is 33.3. The Morgan fingerprint density at radius 2 is 1.56 bits per heavy atom. The van der Waals surface area contributed by atoms with E-state index in [-0.39, 0.29) is 11.8 Å². The summed E-state index contributed by atoms with van der Waals surface area (Å²) in [6, 6.07) is 15.4. The van der Waals surface area contributed by atoms with Gasteiger partial charge in [-0.3, -0.25) is 20.4 Å². The molecule has 0 atom stereocenters. The fourth-order valence-electron chi connectivity index (χ4n) is 3.29. The van der Waals surface area contributed by atoms with Crippen LogP contribution in [-0.4, -0.2) is 21.8 Å². The van der Waals surface area contributed by atoms with Gasteiger partial charge in [-0.05, 0) is 69.0 Å². The van der Waals surface area contributed by atoms with E-state index in [1.54, 1.807) is 23.9 Å². The van der Waals surface area contributed by atoms with E-state index in [0.717, 1.165) is 27.7 Å². The van der Waals surface area contributed by atoms with E-state index in [0.29, 0.717) is 24.2 Å². The lowest BCUT2D eigenvalue weighted by molar-refractivity contribution is -0.121. The Morgan fingerprint density at radius 1 is 0.875 bits per heavy atom. The van der Waals surface area contributed by atoms with Crippen LogP contribution in [0.15, 0.2) is 53.7 Å². The summed E-state index contributed by atoms with van der Waals surface area (Å²) >= 11 is 1.56. The quantitative estimate of drug-likeness (QED) is 0.318. The summed E-state index contributed by atoms with van der Waals surface area (Å²) in [5, 5.41) is 0.743. The van der Waals surface area contributed by atoms with Gasteiger partial charge in [-0.25, -0.2) is 9.97 Å². The van der Waals surface area contributed by atoms with Crippen molar-refractivity contribution in [3.8, 4) is 0 Å². The smallest absolute Gasteiger partial charge is 0.269 e. The zero-order valence-corrected chi connectivity index (χ0v) is 19.7. The summed E-state index contributed by atoms with van der Waals surface area (Å²) in [6.07, 6.45) is 0.936. The maximum atomic E-state index is 12.3. The summed E-state index contributed by atoms with van der Waals surface area (Å²) in [5.41, 5.74) is 11.9. The first-order chi connectivity index (χ1) is 15.3. The van der Waals surface area contributed by atoms with Gasteiger partial charge >= 0.3 is 0 Å². The van der Waals surface area contributed by atoms with Gasteiger partial charge in [-0.1, -0.05) is 47.7 Å². The van der Waals surface area contributed by atoms with Crippen LogP contribution < -0.4 is 10.9 Å². The molecule has 0 spiro atoms. The minimum Gasteiger partial charge on any atom is -0.273 e. The number of aryl methyl sites for hydroxylation is 5. The molecule has 0 saturated carbocycles. The van der Waals surface area contributed by atoms with Gasteiger partial charge in [-0.15, -0.1) is 0 Å². The summed E-state index contributed by atoms with van der Waals surface area (Å²) in [5.74, 6) is 0.140. The standard InChI is InChI=1S/C25H28N4O2S/c1-16-5-8-21(17(2)13-16)11-12-23(30)28-29-24(31)22-9-6-20(7-10-22)15-32-25-26-18(3)14-19(4)27-25/h5-10,13-14H,11-12,15H2,1-4H3,(H,28,30)(H,29,31). The number of carbonyl (C=O) groups is 2. The average Bonchev–Trinajstić information content (AvgIpc) is 2.75. The molecule has 0 radical (unpaired) electrons. The molecule has 2 aromatic carbocycles. The molecule has 2 N–H and O–H groups in total. The van der Waals surface area contributed by atoms with Crippen molar-refractivity contribution >= 4 is 23.6 Å². The molecule has 0 saturated heterocycles. The minimum atomic E-state index is -0.346. The van der Waals surface area contributed by atoms with E-state index in [1.165, 1.54) is 11.1 Å². The first kappa shape index (κ1) is 23.5. The van der Waals surface area contributed by atoms with Crippen LogP contribution in [0.1, 0.15) is 50.4 Å². The molecule has 0 aliphatic rings. The van der Waals surface area contributed by atoms with E-state index < -0.39 is 0 Å². The predicted octanol–water partition coefficient (Wildman–Crippen LogP) is 4.40. The largest absolute Gasteiger partial charge is 0.273 e. The maximum absolute atomic E-state index is 12.3. The Morgan fingerprint density at radius 3 is 2.22 bits per heavy atom. The highest BCUT2D eigenvalue weighted by Gasteiger charge is 2.09. The molecule has 0 aliphatic carbocycles. The molecule has 1 heterocycles. The van der Waals surface area contributed by atoms with Gasteiger partial charge in [-0.2, -0.15) is 0 Å². The fourth-order valence-corrected chi connectivity index (χ4v) is 4.20. The van der Waals surface area contributed by atoms with Gasteiger partial charge in [0.1, 0.15) is 0 Å². The van der Waals surface area contributed by atoms with E-state index in [1.807, 2.05) is 58.0 Å². The highest BCUT2D eigenvalue weighted by molar-refractivity contribution is 7.98. The van der Waals surface area contributed by atoms with Crippen LogP contribution in [0.5, 0.6) is 0 Å². The van der Waals surface area contributed by atoms with Crippen LogP contribution in [0.25, 0.3) is 0 Å². The van der Waals surface area contributed by atoms with E-state index >= 15 is 0 Å². The number of nitrogens with zero attached hydrogens (tertiary/aromatic N) is 2. The molecule has 3 aromatic rings. The molecule has 7 heteroatoms. The zero-order chi connectivity index (χ0) is 23.1. The van der Waals surface area contributed by atoms with Crippen molar-refractivity contribution in [2.45, 2.75) is 51.4 Å². The van der Waals surface area contributed by atoms with Crippen LogP contribution in [-0.2, 0) is 17.0 Å². The second-order valence-corrected chi connectivity index (χ2v) is 8.79. The van der Waals surface area contributed by atoms with Crippen molar-refractivity contribution in [1.82, 2.24) is 20.8 Å². The second-order valence-electron chi connectivity index (χ2n) is 7.85. The molecule has 2 amide bonds. The highest BCUT2D eigenvalue weighted by atomic mass is 32.2. The number of thioether (sulfide) groups is 1. The molecule has 0 fully saturated rings. The van der Waals surface area contributed by atoms with Crippen molar-refractivity contribution in [3.05, 3.63) is 87.7 Å². The number of nitrogens with one attached hydrogen (secondary N) is 2. The Labute approximate surface area is 193 Å². The summed E-state index contributed by atoms with van der Waals surface area (Å²) < 4.78 is 0. The third kappa shape index (κ3) is 6.92. The summed E-state index contributed by atoms with van der Waals surface area (Å²) in [6.45, 7) is 7.99. The van der Waals surface area contributed by atoms with Gasteiger partial charge < -0.3 is 0 Å². The number of carbonyl (C=O) groups excluding carboxylic acids is 2. The van der Waals surface area contributed by atoms with Crippen LogP contribution >= 0.6 is 11.8 Å². The molecule has 0 bridgehead atoms. The molecule has 32 heavy (non-hydrogen) atoms. The maximum Gasteiger partial charge on any atom is 0.269 e. The first-order valence-corrected chi connectivity index (χ1v) is 11.5. The van der Waals surface area contributed by atoms with Gasteiger partial charge in [0.15, 0.2) is 5.16 Å². The zero-order valence-electron chi connectivity index (χ0n) is 18.9. The fraction of sp³-hybridized carbons (Fsp3) is 0.280. The van der Waals surface area contributed by atoms with Crippen molar-refractivity contribution in [1.29, 1.82) is 0 Å². The number of benzene rings is 2. The van der Waals surface area contributed by atoms with E-state index in [9.17, 15) is 9.59 Å². The van der Waals surface area contributed by atoms with Crippen LogP contribution in [0.3, 0.4) is 0 Å². The molecular formula is C25H28N4O2S. The normalized spacial score (nSPS) is 10.6. The van der Waals surface area contributed by atoms with E-state index in [2.05, 4.69) is 26.9 Å². The van der Waals surface area contributed by atoms with Crippen LogP contribution in [0, 0.1) is 27.7 Å². The molecular weight excluding hydrogens is 420 g/mol. The Kier molecular flexibility index (Phi) is 8.00. The molecule has 0 aliphatic heterocycles. The Hall–Kier alpha value is -3.19. The minimum absolute atomic E-state index is 0.222. The lowest BCUT2D eigenvalue weighted by atomic mass is 10.0. The van der Waals surface area contributed by atoms with Crippen molar-refractivity contribution in [2.75, 3.05) is 0 Å². The van der Waals surface area contributed by atoms with Crippen molar-refractivity contribution in [3.63, 3.8) is 0 Å². The number of rotatable bonds is 7. The molecule has 0 unspecified atom stereocenters. The van der Waals surface area contributed by atoms with Gasteiger partial charge in [0, 0.05) is 29.1 Å². The summed E-state index contributed by atoms with van der Waals surface area (Å²) in [7, 11) is 0. The topological polar surface area (TPSA) is 84.0 Å². The number of hydrogen-bond donors (Lipinski definition) is 2. The number of amides is 2. The molecule has 1 aromatic heterocycles. The molecule has 6 nitrogen and oxygen atoms in total. The van der Waals surface area contributed by atoms with Crippen LogP contribution in [0.4, 0.5) is 0 Å². The lowest BCUT2D eigenvalue weighted by Crippen LogP contribution is -2.41. The second kappa shape index (κ2) is 10.9. The lowest BCUT2D eigenvalue weighted by Gasteiger charge is -2.09. The SMILES string of the molecule is Cc1ccc(CCC(=O)NNC(=O)c2ccc(CSc3nc(C)cc(C)n3)cc2)c(C)c1. The third-order valence-electron chi connectivity index (χ3n) is 4.98. The predicted molar refractivity (Wildman–Crippen MR) is 127 cm³/mol. The van der Waals surface area contributed by atoms with Crippen LogP contribution in [0.2, 0.25) is 0 Å².